The van der Waals surface area contributed by atoms with E-state index in [0.29, 0.717) is 29.2 Å². The van der Waals surface area contributed by atoms with Gasteiger partial charge < -0.3 is 9.64 Å². The van der Waals surface area contributed by atoms with Gasteiger partial charge in [-0.2, -0.15) is 0 Å². The van der Waals surface area contributed by atoms with Crippen LogP contribution in [0.15, 0.2) is 66.7 Å². The summed E-state index contributed by atoms with van der Waals surface area (Å²) in [5, 5.41) is 2.91. The van der Waals surface area contributed by atoms with Gasteiger partial charge in [0.1, 0.15) is 11.8 Å². The van der Waals surface area contributed by atoms with Crippen molar-refractivity contribution >= 4 is 29.3 Å². The van der Waals surface area contributed by atoms with E-state index in [1.165, 1.54) is 11.0 Å². The summed E-state index contributed by atoms with van der Waals surface area (Å²) in [6, 6.07) is 19.2. The van der Waals surface area contributed by atoms with E-state index in [1.807, 2.05) is 48.5 Å². The van der Waals surface area contributed by atoms with Gasteiger partial charge in [-0.25, -0.2) is 8.78 Å². The van der Waals surface area contributed by atoms with Crippen LogP contribution in [0.3, 0.4) is 0 Å². The molecule has 10 heteroatoms. The number of amides is 3. The van der Waals surface area contributed by atoms with E-state index < -0.39 is 30.5 Å². The van der Waals surface area contributed by atoms with Crippen molar-refractivity contribution in [2.75, 3.05) is 13.1 Å². The number of ether oxygens (including phenoxy) is 1. The lowest BCUT2D eigenvalue weighted by molar-refractivity contribution is -0.141. The molecule has 3 aliphatic heterocycles. The molecular weight excluding hydrogens is 552 g/mol. The van der Waals surface area contributed by atoms with Crippen LogP contribution < -0.4 is 10.1 Å². The molecule has 0 radical (unpaired) electrons. The summed E-state index contributed by atoms with van der Waals surface area (Å²) >= 11 is 6.03. The first kappa shape index (κ1) is 27.4. The number of piperidine rings is 2. The number of hydrogen-bond acceptors (Lipinski definition) is 5. The zero-order chi connectivity index (χ0) is 28.7. The number of nitrogens with zero attached hydrogens (tertiary/aromatic N) is 2. The molecule has 2 atom stereocenters. The Hall–Kier alpha value is -3.82. The molecule has 0 bridgehead atoms. The van der Waals surface area contributed by atoms with Gasteiger partial charge >= 0.3 is 0 Å². The van der Waals surface area contributed by atoms with Crippen LogP contribution in [0, 0.1) is 0 Å². The van der Waals surface area contributed by atoms with Crippen LogP contribution in [0.25, 0.3) is 11.1 Å². The average molecular weight is 580 g/mol. The van der Waals surface area contributed by atoms with Crippen LogP contribution in [-0.4, -0.2) is 58.7 Å². The lowest BCUT2D eigenvalue weighted by Gasteiger charge is -2.38. The summed E-state index contributed by atoms with van der Waals surface area (Å²) in [6.07, 6.45) is -0.769. The minimum Gasteiger partial charge on any atom is -0.484 e. The van der Waals surface area contributed by atoms with E-state index in [1.54, 1.807) is 17.0 Å². The topological polar surface area (TPSA) is 79.0 Å². The van der Waals surface area contributed by atoms with Gasteiger partial charge in [-0.05, 0) is 59.0 Å². The largest absolute Gasteiger partial charge is 0.484 e. The van der Waals surface area contributed by atoms with Crippen LogP contribution in [0.2, 0.25) is 5.02 Å². The van der Waals surface area contributed by atoms with Crippen molar-refractivity contribution in [1.29, 1.82) is 0 Å². The molecule has 7 nitrogen and oxygen atoms in total. The number of rotatable bonds is 6. The molecule has 2 saturated heterocycles. The zero-order valence-corrected chi connectivity index (χ0v) is 22.9. The normalized spacial score (nSPS) is 22.4. The zero-order valence-electron chi connectivity index (χ0n) is 22.1. The summed E-state index contributed by atoms with van der Waals surface area (Å²) in [5.41, 5.74) is 3.92. The predicted molar refractivity (Wildman–Crippen MR) is 149 cm³/mol. The highest BCUT2D eigenvalue weighted by molar-refractivity contribution is 6.30. The second kappa shape index (κ2) is 10.9. The molecule has 0 spiro atoms. The van der Waals surface area contributed by atoms with Gasteiger partial charge in [-0.15, -0.1) is 0 Å². The number of nitrogens with one attached hydrogen (secondary N) is 1. The highest BCUT2D eigenvalue weighted by atomic mass is 35.5. The van der Waals surface area contributed by atoms with Crippen LogP contribution >= 0.6 is 11.6 Å². The fraction of sp³-hybridized carbons (Fsp3) is 0.323. The van der Waals surface area contributed by atoms with Gasteiger partial charge in [-0.1, -0.05) is 48.0 Å². The summed E-state index contributed by atoms with van der Waals surface area (Å²) in [7, 11) is 0. The number of hydrogen-bond donors (Lipinski definition) is 1. The highest BCUT2D eigenvalue weighted by Gasteiger charge is 2.47. The van der Waals surface area contributed by atoms with Crippen LogP contribution in [0.4, 0.5) is 8.78 Å². The molecule has 0 saturated carbocycles. The molecule has 41 heavy (non-hydrogen) atoms. The van der Waals surface area contributed by atoms with Crippen molar-refractivity contribution in [3.05, 3.63) is 88.4 Å². The summed E-state index contributed by atoms with van der Waals surface area (Å²) < 4.78 is 36.6. The lowest BCUT2D eigenvalue weighted by atomic mass is 9.97. The maximum atomic E-state index is 15.4. The molecule has 0 aliphatic carbocycles. The van der Waals surface area contributed by atoms with E-state index in [-0.39, 0.29) is 43.4 Å². The molecule has 3 aromatic carbocycles. The average Bonchev–Trinajstić information content (AvgIpc) is 3.26. The van der Waals surface area contributed by atoms with Crippen molar-refractivity contribution in [3.8, 4) is 16.9 Å². The van der Waals surface area contributed by atoms with Gasteiger partial charge in [0.2, 0.25) is 11.8 Å². The number of benzene rings is 3. The first-order chi connectivity index (χ1) is 19.7. The number of halogens is 3. The molecule has 1 unspecified atom stereocenters. The van der Waals surface area contributed by atoms with E-state index in [0.717, 1.165) is 16.7 Å². The third-order valence-corrected chi connectivity index (χ3v) is 8.20. The van der Waals surface area contributed by atoms with E-state index in [4.69, 9.17) is 16.3 Å². The van der Waals surface area contributed by atoms with Crippen molar-refractivity contribution in [2.24, 2.45) is 0 Å². The second-order valence-corrected chi connectivity index (χ2v) is 11.2. The highest BCUT2D eigenvalue weighted by Crippen LogP contribution is 2.35. The molecule has 0 aromatic heterocycles. The molecule has 3 amide bonds. The van der Waals surface area contributed by atoms with Gasteiger partial charge in [0.25, 0.3) is 11.8 Å². The Labute approximate surface area is 241 Å². The van der Waals surface area contributed by atoms with E-state index in [9.17, 15) is 14.4 Å². The predicted octanol–water partition coefficient (Wildman–Crippen LogP) is 5.06. The Bertz CT molecular complexity index is 1510. The minimum absolute atomic E-state index is 0.133. The van der Waals surface area contributed by atoms with E-state index >= 15 is 8.78 Å². The first-order valence-electron chi connectivity index (χ1n) is 13.6. The third-order valence-electron chi connectivity index (χ3n) is 7.95. The summed E-state index contributed by atoms with van der Waals surface area (Å²) in [5.74, 6) is -4.02. The molecular formula is C31H28ClF2N3O4. The number of carbonyl (C=O) groups is 3. The van der Waals surface area contributed by atoms with E-state index in [2.05, 4.69) is 5.32 Å². The Balaban J connectivity index is 1.11. The quantitative estimate of drug-likeness (QED) is 0.413. The molecule has 3 aliphatic rings. The Morgan fingerprint density at radius 3 is 2.51 bits per heavy atom. The number of fused-ring (bicyclic) bond motifs is 1. The monoisotopic (exact) mass is 579 g/mol. The number of alkyl halides is 2. The third kappa shape index (κ3) is 5.56. The Kier molecular flexibility index (Phi) is 7.25. The minimum atomic E-state index is -3.10. The molecule has 6 rings (SSSR count). The van der Waals surface area contributed by atoms with Gasteiger partial charge in [0, 0.05) is 43.1 Å². The summed E-state index contributed by atoms with van der Waals surface area (Å²) in [6.45, 7) is 0.513. The fourth-order valence-corrected chi connectivity index (χ4v) is 5.99. The van der Waals surface area contributed by atoms with Crippen LogP contribution in [0.1, 0.15) is 40.7 Å². The molecule has 2 fully saturated rings. The van der Waals surface area contributed by atoms with Crippen molar-refractivity contribution in [3.63, 3.8) is 0 Å². The van der Waals surface area contributed by atoms with Crippen molar-refractivity contribution < 1.29 is 27.9 Å². The molecule has 1 N–H and O–H groups in total. The van der Waals surface area contributed by atoms with Crippen LogP contribution in [0.5, 0.6) is 5.75 Å². The molecule has 3 heterocycles. The van der Waals surface area contributed by atoms with Crippen LogP contribution in [-0.2, 0) is 22.7 Å². The Morgan fingerprint density at radius 1 is 0.976 bits per heavy atom. The molecule has 3 aromatic rings. The van der Waals surface area contributed by atoms with Gasteiger partial charge in [0.05, 0.1) is 6.54 Å². The van der Waals surface area contributed by atoms with Gasteiger partial charge in [0.15, 0.2) is 6.10 Å². The number of likely N-dealkylation sites (tertiary alicyclic amines) is 1. The number of carbonyl (C=O) groups excluding carboxylic acids is 3. The van der Waals surface area contributed by atoms with Gasteiger partial charge in [-0.3, -0.25) is 24.6 Å². The SMILES string of the molecule is O=C1CCC(N2Cc3cc(O[C@H]4CCN(Cc5ccccc5-c5ccc(Cl)cc5)CC4(F)F)ccc3C2=O)C(=O)N1. The first-order valence-corrected chi connectivity index (χ1v) is 13.9. The van der Waals surface area contributed by atoms with Crippen molar-refractivity contribution in [1.82, 2.24) is 15.1 Å². The fourth-order valence-electron chi connectivity index (χ4n) is 5.87. The standard InChI is InChI=1S/C31H28ClF2N3O4/c32-22-7-5-19(6-8-22)24-4-2-1-3-20(24)16-36-14-13-27(31(33,34)18-36)41-23-9-10-25-21(15-23)17-37(30(25)40)26-11-12-28(38)35-29(26)39/h1-10,15,26-27H,11-14,16-18H2,(H,35,38,39)/t26?,27-/m0/s1. The van der Waals surface area contributed by atoms with Crippen molar-refractivity contribution in [2.45, 2.75) is 50.4 Å². The lowest BCUT2D eigenvalue weighted by Crippen LogP contribution is -2.53. The summed E-state index contributed by atoms with van der Waals surface area (Å²) in [4.78, 5) is 39.9. The second-order valence-electron chi connectivity index (χ2n) is 10.7. The maximum absolute atomic E-state index is 15.4. The number of imide groups is 1. The Morgan fingerprint density at radius 2 is 1.76 bits per heavy atom. The maximum Gasteiger partial charge on any atom is 0.296 e. The molecule has 212 valence electrons. The smallest absolute Gasteiger partial charge is 0.296 e.